The highest BCUT2D eigenvalue weighted by molar-refractivity contribution is 7.09. The first kappa shape index (κ1) is 13.6. The van der Waals surface area contributed by atoms with Crippen molar-refractivity contribution < 1.29 is 0 Å². The molecule has 1 atom stereocenters. The zero-order valence-electron chi connectivity index (χ0n) is 12.4. The average Bonchev–Trinajstić information content (AvgIpc) is 2.85. The van der Waals surface area contributed by atoms with Gasteiger partial charge in [0.15, 0.2) is 0 Å². The molecule has 1 aliphatic rings. The van der Waals surface area contributed by atoms with Crippen molar-refractivity contribution >= 4 is 17.0 Å². The number of rotatable bonds is 5. The van der Waals surface area contributed by atoms with E-state index in [0.29, 0.717) is 11.3 Å². The van der Waals surface area contributed by atoms with E-state index in [4.69, 9.17) is 4.98 Å². The maximum absolute atomic E-state index is 4.79. The Balaban J connectivity index is 1.50. The Labute approximate surface area is 125 Å². The van der Waals surface area contributed by atoms with Gasteiger partial charge in [0.2, 0.25) is 0 Å². The molecule has 1 aliphatic carbocycles. The monoisotopic (exact) mass is 286 g/mol. The third-order valence-electron chi connectivity index (χ3n) is 4.14. The number of nitrogens with zero attached hydrogens (tertiary/aromatic N) is 1. The summed E-state index contributed by atoms with van der Waals surface area (Å²) in [6, 6.07) is 8.54. The van der Waals surface area contributed by atoms with Crippen molar-refractivity contribution in [3.8, 4) is 0 Å². The molecular formula is C17H22N2S. The van der Waals surface area contributed by atoms with Gasteiger partial charge in [0.05, 0.1) is 10.7 Å². The Morgan fingerprint density at radius 2 is 2.00 bits per heavy atom. The minimum atomic E-state index is 0.481. The van der Waals surface area contributed by atoms with Crippen LogP contribution in [-0.4, -0.2) is 11.5 Å². The van der Waals surface area contributed by atoms with Crippen LogP contribution in [0.15, 0.2) is 29.6 Å². The largest absolute Gasteiger partial charge is 0.385 e. The van der Waals surface area contributed by atoms with E-state index in [1.54, 1.807) is 0 Å². The van der Waals surface area contributed by atoms with Crippen LogP contribution in [0, 0.1) is 12.3 Å². The van der Waals surface area contributed by atoms with Gasteiger partial charge in [-0.25, -0.2) is 4.98 Å². The summed E-state index contributed by atoms with van der Waals surface area (Å²) < 4.78 is 0. The van der Waals surface area contributed by atoms with Crippen LogP contribution in [0.5, 0.6) is 0 Å². The van der Waals surface area contributed by atoms with Crippen molar-refractivity contribution in [2.75, 3.05) is 11.9 Å². The first-order valence-corrected chi connectivity index (χ1v) is 8.17. The zero-order chi connectivity index (χ0) is 14.2. The molecule has 2 aromatic rings. The minimum Gasteiger partial charge on any atom is -0.385 e. The van der Waals surface area contributed by atoms with Gasteiger partial charge in [0, 0.05) is 30.0 Å². The Morgan fingerprint density at radius 1 is 1.30 bits per heavy atom. The van der Waals surface area contributed by atoms with E-state index >= 15 is 0 Å². The van der Waals surface area contributed by atoms with E-state index in [-0.39, 0.29) is 0 Å². The molecule has 106 valence electrons. The quantitative estimate of drug-likeness (QED) is 0.867. The lowest BCUT2D eigenvalue weighted by Crippen LogP contribution is -2.05. The lowest BCUT2D eigenvalue weighted by Gasteiger charge is -2.05. The van der Waals surface area contributed by atoms with Crippen molar-refractivity contribution in [3.63, 3.8) is 0 Å². The third-order valence-corrected chi connectivity index (χ3v) is 5.15. The van der Waals surface area contributed by atoms with Crippen LogP contribution in [0.1, 0.15) is 42.5 Å². The van der Waals surface area contributed by atoms with Crippen LogP contribution >= 0.6 is 11.3 Å². The number of anilines is 1. The Morgan fingerprint density at radius 3 is 2.65 bits per heavy atom. The molecule has 1 unspecified atom stereocenters. The van der Waals surface area contributed by atoms with Gasteiger partial charge in [-0.2, -0.15) is 0 Å². The van der Waals surface area contributed by atoms with E-state index in [9.17, 15) is 0 Å². The highest BCUT2D eigenvalue weighted by Gasteiger charge is 2.48. The number of benzene rings is 1. The second kappa shape index (κ2) is 5.21. The van der Waals surface area contributed by atoms with Crippen LogP contribution < -0.4 is 5.32 Å². The summed E-state index contributed by atoms with van der Waals surface area (Å²) >= 11 is 1.83. The summed E-state index contributed by atoms with van der Waals surface area (Å²) in [7, 11) is 0. The molecule has 1 aromatic heterocycles. The van der Waals surface area contributed by atoms with Gasteiger partial charge in [-0.15, -0.1) is 11.3 Å². The van der Waals surface area contributed by atoms with Crippen molar-refractivity contribution in [3.05, 3.63) is 45.9 Å². The molecule has 3 heteroatoms. The fourth-order valence-corrected chi connectivity index (χ4v) is 3.66. The average molecular weight is 286 g/mol. The second-order valence-corrected chi connectivity index (χ2v) is 7.35. The standard InChI is InChI=1S/C17H22N2S/c1-12-4-6-13(7-5-12)18-9-8-14-11-20-16(19-14)15-10-17(15,2)3/h4-7,11,15,18H,8-10H2,1-3H3. The van der Waals surface area contributed by atoms with Gasteiger partial charge in [-0.3, -0.25) is 0 Å². The first-order chi connectivity index (χ1) is 9.54. The van der Waals surface area contributed by atoms with E-state index in [0.717, 1.165) is 13.0 Å². The van der Waals surface area contributed by atoms with E-state index in [1.807, 2.05) is 11.3 Å². The number of hydrogen-bond donors (Lipinski definition) is 1. The summed E-state index contributed by atoms with van der Waals surface area (Å²) in [4.78, 5) is 4.79. The maximum atomic E-state index is 4.79. The fraction of sp³-hybridized carbons (Fsp3) is 0.471. The zero-order valence-corrected chi connectivity index (χ0v) is 13.3. The van der Waals surface area contributed by atoms with E-state index < -0.39 is 0 Å². The highest BCUT2D eigenvalue weighted by Crippen LogP contribution is 2.59. The van der Waals surface area contributed by atoms with Crippen LogP contribution in [0.4, 0.5) is 5.69 Å². The molecule has 0 amide bonds. The first-order valence-electron chi connectivity index (χ1n) is 7.29. The molecule has 3 rings (SSSR count). The smallest absolute Gasteiger partial charge is 0.0964 e. The van der Waals surface area contributed by atoms with Gasteiger partial charge >= 0.3 is 0 Å². The molecule has 2 nitrogen and oxygen atoms in total. The molecule has 20 heavy (non-hydrogen) atoms. The van der Waals surface area contributed by atoms with Gasteiger partial charge in [0.1, 0.15) is 0 Å². The molecule has 0 saturated heterocycles. The van der Waals surface area contributed by atoms with Crippen molar-refractivity contribution in [1.29, 1.82) is 0 Å². The molecule has 0 spiro atoms. The van der Waals surface area contributed by atoms with Crippen molar-refractivity contribution in [2.45, 2.75) is 39.5 Å². The second-order valence-electron chi connectivity index (χ2n) is 6.47. The molecule has 1 aromatic carbocycles. The normalized spacial score (nSPS) is 19.9. The van der Waals surface area contributed by atoms with Crippen molar-refractivity contribution in [2.24, 2.45) is 5.41 Å². The highest BCUT2D eigenvalue weighted by atomic mass is 32.1. The van der Waals surface area contributed by atoms with Gasteiger partial charge in [0.25, 0.3) is 0 Å². The number of hydrogen-bond acceptors (Lipinski definition) is 3. The molecule has 0 radical (unpaired) electrons. The topological polar surface area (TPSA) is 24.9 Å². The predicted octanol–water partition coefficient (Wildman–Crippen LogP) is 4.62. The molecule has 1 saturated carbocycles. The Kier molecular flexibility index (Phi) is 3.55. The lowest BCUT2D eigenvalue weighted by molar-refractivity contribution is 0.620. The van der Waals surface area contributed by atoms with Crippen LogP contribution in [0.2, 0.25) is 0 Å². The molecular weight excluding hydrogens is 264 g/mol. The maximum Gasteiger partial charge on any atom is 0.0964 e. The lowest BCUT2D eigenvalue weighted by atomic mass is 10.1. The van der Waals surface area contributed by atoms with Gasteiger partial charge in [-0.05, 0) is 30.9 Å². The minimum absolute atomic E-state index is 0.481. The number of nitrogens with one attached hydrogen (secondary N) is 1. The van der Waals surface area contributed by atoms with Gasteiger partial charge < -0.3 is 5.32 Å². The number of thiazole rings is 1. The van der Waals surface area contributed by atoms with E-state index in [2.05, 4.69) is 55.7 Å². The Hall–Kier alpha value is -1.35. The summed E-state index contributed by atoms with van der Waals surface area (Å²) in [6.45, 7) is 7.72. The van der Waals surface area contributed by atoms with E-state index in [1.165, 1.54) is 28.4 Å². The van der Waals surface area contributed by atoms with Gasteiger partial charge in [-0.1, -0.05) is 31.5 Å². The molecule has 1 fully saturated rings. The third kappa shape index (κ3) is 3.04. The molecule has 0 bridgehead atoms. The Bertz CT molecular complexity index is 583. The molecule has 1 N–H and O–H groups in total. The van der Waals surface area contributed by atoms with Crippen molar-refractivity contribution in [1.82, 2.24) is 4.98 Å². The summed E-state index contributed by atoms with van der Waals surface area (Å²) in [5.74, 6) is 0.700. The number of aromatic nitrogens is 1. The fourth-order valence-electron chi connectivity index (χ4n) is 2.49. The molecule has 0 aliphatic heterocycles. The van der Waals surface area contributed by atoms with Crippen LogP contribution in [-0.2, 0) is 6.42 Å². The summed E-state index contributed by atoms with van der Waals surface area (Å²) in [6.07, 6.45) is 2.29. The van der Waals surface area contributed by atoms with Crippen LogP contribution in [0.3, 0.4) is 0 Å². The summed E-state index contributed by atoms with van der Waals surface area (Å²) in [5.41, 5.74) is 4.20. The summed E-state index contributed by atoms with van der Waals surface area (Å²) in [5, 5.41) is 7.01. The number of aryl methyl sites for hydroxylation is 1. The predicted molar refractivity (Wildman–Crippen MR) is 86.6 cm³/mol. The van der Waals surface area contributed by atoms with Crippen LogP contribution in [0.25, 0.3) is 0 Å². The SMILES string of the molecule is Cc1ccc(NCCc2csc(C3CC3(C)C)n2)cc1. The molecule has 1 heterocycles.